The minimum absolute atomic E-state index is 0.0620. The van der Waals surface area contributed by atoms with Crippen LogP contribution < -0.4 is 15.6 Å². The van der Waals surface area contributed by atoms with Gasteiger partial charge in [0.1, 0.15) is 16.9 Å². The number of nitrogens with one attached hydrogen (secondary N) is 2. The molecule has 0 fully saturated rings. The Morgan fingerprint density at radius 2 is 2.03 bits per heavy atom. The lowest BCUT2D eigenvalue weighted by Gasteiger charge is -2.27. The van der Waals surface area contributed by atoms with Crippen molar-refractivity contribution in [2.45, 2.75) is 33.4 Å². The molecular weight excluding hydrogens is 444 g/mol. The predicted octanol–water partition coefficient (Wildman–Crippen LogP) is 3.19. The summed E-state index contributed by atoms with van der Waals surface area (Å²) in [5.74, 6) is -0.288. The number of nitrogens with zero attached hydrogens (tertiary/aromatic N) is 3. The number of benzene rings is 1. The molecule has 3 aromatic rings. The minimum Gasteiger partial charge on any atom is -0.432 e. The summed E-state index contributed by atoms with van der Waals surface area (Å²) in [7, 11) is 1.57. The zero-order valence-corrected chi connectivity index (χ0v) is 19.1. The predicted molar refractivity (Wildman–Crippen MR) is 124 cm³/mol. The van der Waals surface area contributed by atoms with Crippen molar-refractivity contribution in [2.24, 2.45) is 0 Å². The van der Waals surface area contributed by atoms with Crippen molar-refractivity contribution < 1.29 is 18.3 Å². The standard InChI is InChI=1S/C24H25F2N5O3/c1-13-17(4-5-18(28-13)23(33)27-3)16-6-8-31(9-7-16)12-15-10-19-21(20(11-15)34-24(25)26)29-14(2)22(32)30-19/h4-6,10-11,24H,7-9,12H2,1-3H3,(H,27,33)(H,30,32). The van der Waals surface area contributed by atoms with Crippen LogP contribution in [0.5, 0.6) is 5.75 Å². The van der Waals surface area contributed by atoms with E-state index < -0.39 is 6.61 Å². The van der Waals surface area contributed by atoms with Crippen LogP contribution in [-0.2, 0) is 6.54 Å². The van der Waals surface area contributed by atoms with E-state index in [1.54, 1.807) is 25.2 Å². The summed E-state index contributed by atoms with van der Waals surface area (Å²) >= 11 is 0. The maximum absolute atomic E-state index is 13.0. The molecule has 0 atom stereocenters. The first-order chi connectivity index (χ1) is 16.2. The summed E-state index contributed by atoms with van der Waals surface area (Å²) < 4.78 is 30.6. The van der Waals surface area contributed by atoms with E-state index in [1.807, 2.05) is 13.0 Å². The molecule has 2 N–H and O–H groups in total. The number of aromatic nitrogens is 3. The van der Waals surface area contributed by atoms with Gasteiger partial charge in [0.15, 0.2) is 5.75 Å². The van der Waals surface area contributed by atoms with E-state index in [-0.39, 0.29) is 28.4 Å². The molecule has 34 heavy (non-hydrogen) atoms. The molecule has 0 unspecified atom stereocenters. The fourth-order valence-corrected chi connectivity index (χ4v) is 4.10. The zero-order chi connectivity index (χ0) is 24.4. The highest BCUT2D eigenvalue weighted by Crippen LogP contribution is 2.29. The molecule has 1 amide bonds. The number of halogens is 2. The smallest absolute Gasteiger partial charge is 0.387 e. The van der Waals surface area contributed by atoms with Crippen LogP contribution in [0.2, 0.25) is 0 Å². The van der Waals surface area contributed by atoms with Crippen LogP contribution in [-0.4, -0.2) is 52.5 Å². The molecule has 0 aliphatic carbocycles. The van der Waals surface area contributed by atoms with Crippen molar-refractivity contribution in [1.82, 2.24) is 25.2 Å². The van der Waals surface area contributed by atoms with Crippen molar-refractivity contribution >= 4 is 22.5 Å². The number of hydrogen-bond acceptors (Lipinski definition) is 6. The Morgan fingerprint density at radius 3 is 2.68 bits per heavy atom. The first-order valence-electron chi connectivity index (χ1n) is 10.8. The lowest BCUT2D eigenvalue weighted by Crippen LogP contribution is -2.28. The summed E-state index contributed by atoms with van der Waals surface area (Å²) in [6.07, 6.45) is 2.88. The second-order valence-electron chi connectivity index (χ2n) is 8.14. The average molecular weight is 469 g/mol. The maximum Gasteiger partial charge on any atom is 0.387 e. The topological polar surface area (TPSA) is 100 Å². The largest absolute Gasteiger partial charge is 0.432 e. The first-order valence-corrected chi connectivity index (χ1v) is 10.8. The van der Waals surface area contributed by atoms with Crippen molar-refractivity contribution in [1.29, 1.82) is 0 Å². The third kappa shape index (κ3) is 4.96. The van der Waals surface area contributed by atoms with Crippen molar-refractivity contribution in [2.75, 3.05) is 20.1 Å². The molecule has 0 bridgehead atoms. The van der Waals surface area contributed by atoms with E-state index in [1.165, 1.54) is 6.92 Å². The van der Waals surface area contributed by atoms with Crippen LogP contribution in [0.15, 0.2) is 35.1 Å². The van der Waals surface area contributed by atoms with Gasteiger partial charge < -0.3 is 15.0 Å². The number of aryl methyl sites for hydroxylation is 2. The van der Waals surface area contributed by atoms with Crippen molar-refractivity contribution in [3.05, 3.63) is 68.9 Å². The number of pyridine rings is 1. The summed E-state index contributed by atoms with van der Waals surface area (Å²) in [4.78, 5) is 37.2. The Hall–Kier alpha value is -3.66. The van der Waals surface area contributed by atoms with Gasteiger partial charge in [0.25, 0.3) is 11.5 Å². The number of carbonyl (C=O) groups excluding carboxylic acids is 1. The zero-order valence-electron chi connectivity index (χ0n) is 19.1. The van der Waals surface area contributed by atoms with Gasteiger partial charge >= 0.3 is 6.61 Å². The average Bonchev–Trinajstić information content (AvgIpc) is 2.80. The number of hydrogen-bond donors (Lipinski definition) is 2. The SMILES string of the molecule is CNC(=O)c1ccc(C2=CCN(Cc3cc(OC(F)F)c4nc(C)c(=O)[nH]c4c3)CC2)c(C)n1. The lowest BCUT2D eigenvalue weighted by molar-refractivity contribution is -0.0489. The molecule has 178 valence electrons. The third-order valence-corrected chi connectivity index (χ3v) is 5.80. The van der Waals surface area contributed by atoms with Crippen molar-refractivity contribution in [3.8, 4) is 5.75 Å². The number of alkyl halides is 2. The van der Waals surface area contributed by atoms with Gasteiger partial charge in [-0.3, -0.25) is 14.5 Å². The molecule has 0 saturated heterocycles. The van der Waals surface area contributed by atoms with Crippen LogP contribution in [0.4, 0.5) is 8.78 Å². The molecule has 4 rings (SSSR count). The van der Waals surface area contributed by atoms with Gasteiger partial charge in [-0.15, -0.1) is 0 Å². The fraction of sp³-hybridized carbons (Fsp3) is 0.333. The van der Waals surface area contributed by atoms with Crippen LogP contribution in [0, 0.1) is 13.8 Å². The van der Waals surface area contributed by atoms with E-state index in [0.717, 1.165) is 35.4 Å². The second kappa shape index (κ2) is 9.68. The summed E-state index contributed by atoms with van der Waals surface area (Å²) in [6, 6.07) is 6.91. The Bertz CT molecular complexity index is 1340. The molecule has 8 nitrogen and oxygen atoms in total. The lowest BCUT2D eigenvalue weighted by atomic mass is 9.97. The molecule has 1 aromatic carbocycles. The van der Waals surface area contributed by atoms with E-state index >= 15 is 0 Å². The second-order valence-corrected chi connectivity index (χ2v) is 8.14. The van der Waals surface area contributed by atoms with Gasteiger partial charge in [0, 0.05) is 32.4 Å². The summed E-state index contributed by atoms with van der Waals surface area (Å²) in [5.41, 5.74) is 4.41. The van der Waals surface area contributed by atoms with Crippen LogP contribution >= 0.6 is 0 Å². The van der Waals surface area contributed by atoms with E-state index in [0.29, 0.717) is 24.3 Å². The molecule has 10 heteroatoms. The molecular formula is C24H25F2N5O3. The number of ether oxygens (including phenoxy) is 1. The Balaban J connectivity index is 1.54. The van der Waals surface area contributed by atoms with E-state index in [4.69, 9.17) is 4.74 Å². The quantitative estimate of drug-likeness (QED) is 0.575. The number of amides is 1. The van der Waals surface area contributed by atoms with E-state index in [2.05, 4.69) is 31.2 Å². The molecule has 0 saturated carbocycles. The number of fused-ring (bicyclic) bond motifs is 1. The minimum atomic E-state index is -3.00. The summed E-state index contributed by atoms with van der Waals surface area (Å²) in [6.45, 7) is 2.28. The Labute approximate surface area is 194 Å². The monoisotopic (exact) mass is 469 g/mol. The maximum atomic E-state index is 13.0. The number of rotatable bonds is 6. The van der Waals surface area contributed by atoms with E-state index in [9.17, 15) is 18.4 Å². The third-order valence-electron chi connectivity index (χ3n) is 5.80. The molecule has 2 aromatic heterocycles. The molecule has 1 aliphatic heterocycles. The van der Waals surface area contributed by atoms with Gasteiger partial charge in [0.05, 0.1) is 5.52 Å². The highest BCUT2D eigenvalue weighted by atomic mass is 19.3. The Morgan fingerprint density at radius 1 is 1.24 bits per heavy atom. The van der Waals surface area contributed by atoms with Crippen LogP contribution in [0.1, 0.15) is 39.4 Å². The van der Waals surface area contributed by atoms with Gasteiger partial charge in [-0.05, 0) is 55.2 Å². The highest BCUT2D eigenvalue weighted by Gasteiger charge is 2.19. The highest BCUT2D eigenvalue weighted by molar-refractivity contribution is 5.92. The Kier molecular flexibility index (Phi) is 6.69. The van der Waals surface area contributed by atoms with Crippen molar-refractivity contribution in [3.63, 3.8) is 0 Å². The van der Waals surface area contributed by atoms with Gasteiger partial charge in [-0.25, -0.2) is 9.97 Å². The fourth-order valence-electron chi connectivity index (χ4n) is 4.10. The first kappa shape index (κ1) is 23.5. The number of aromatic amines is 1. The molecule has 3 heterocycles. The summed E-state index contributed by atoms with van der Waals surface area (Å²) in [5, 5.41) is 2.57. The molecule has 0 radical (unpaired) electrons. The number of H-pyrrole nitrogens is 1. The van der Waals surface area contributed by atoms with Crippen LogP contribution in [0.25, 0.3) is 16.6 Å². The number of carbonyl (C=O) groups is 1. The van der Waals surface area contributed by atoms with Gasteiger partial charge in [-0.2, -0.15) is 8.78 Å². The molecule has 0 spiro atoms. The van der Waals surface area contributed by atoms with Gasteiger partial charge in [0.2, 0.25) is 0 Å². The molecule has 1 aliphatic rings. The normalized spacial score (nSPS) is 14.4. The van der Waals surface area contributed by atoms with Crippen LogP contribution in [0.3, 0.4) is 0 Å². The van der Waals surface area contributed by atoms with Gasteiger partial charge in [-0.1, -0.05) is 12.1 Å².